The Bertz CT molecular complexity index is 863. The minimum absolute atomic E-state index is 0. The van der Waals surface area contributed by atoms with Gasteiger partial charge in [-0.3, -0.25) is 9.52 Å². The molecular formula is C18H23ClFN3O4S. The van der Waals surface area contributed by atoms with Crippen molar-refractivity contribution in [2.24, 2.45) is 0 Å². The number of anilines is 1. The van der Waals surface area contributed by atoms with Gasteiger partial charge in [-0.05, 0) is 42.5 Å². The summed E-state index contributed by atoms with van der Waals surface area (Å²) in [6, 6.07) is 10.6. The second-order valence-corrected chi connectivity index (χ2v) is 7.32. The fourth-order valence-corrected chi connectivity index (χ4v) is 3.31. The lowest BCUT2D eigenvalue weighted by atomic mass is 10.2. The normalized spacial score (nSPS) is 10.8. The van der Waals surface area contributed by atoms with E-state index in [4.69, 9.17) is 4.74 Å². The van der Waals surface area contributed by atoms with Crippen LogP contribution in [0.3, 0.4) is 0 Å². The van der Waals surface area contributed by atoms with E-state index in [1.54, 1.807) is 7.11 Å². The maximum atomic E-state index is 12.9. The molecule has 0 atom stereocenters. The van der Waals surface area contributed by atoms with Crippen molar-refractivity contribution in [3.63, 3.8) is 0 Å². The van der Waals surface area contributed by atoms with E-state index in [-0.39, 0.29) is 34.5 Å². The van der Waals surface area contributed by atoms with E-state index in [2.05, 4.69) is 15.4 Å². The van der Waals surface area contributed by atoms with Crippen LogP contribution in [0.1, 0.15) is 10.4 Å². The highest BCUT2D eigenvalue weighted by Crippen LogP contribution is 2.17. The molecule has 154 valence electrons. The average Bonchev–Trinajstić information content (AvgIpc) is 2.66. The van der Waals surface area contributed by atoms with Gasteiger partial charge in [-0.2, -0.15) is 0 Å². The summed E-state index contributed by atoms with van der Waals surface area (Å²) in [5.74, 6) is -0.837. The summed E-state index contributed by atoms with van der Waals surface area (Å²) in [4.78, 5) is 12.1. The van der Waals surface area contributed by atoms with Crippen LogP contribution in [-0.4, -0.2) is 47.7 Å². The Balaban J connectivity index is 0.00000392. The predicted octanol–water partition coefficient (Wildman–Crippen LogP) is 2.01. The number of hydrogen-bond acceptors (Lipinski definition) is 5. The molecule has 28 heavy (non-hydrogen) atoms. The molecule has 2 aromatic carbocycles. The van der Waals surface area contributed by atoms with Crippen LogP contribution in [0.5, 0.6) is 0 Å². The summed E-state index contributed by atoms with van der Waals surface area (Å²) in [7, 11) is -2.29. The molecule has 0 radical (unpaired) electrons. The molecule has 2 rings (SSSR count). The number of halogens is 2. The second-order valence-electron chi connectivity index (χ2n) is 5.64. The van der Waals surface area contributed by atoms with Gasteiger partial charge in [-0.1, -0.05) is 6.07 Å². The number of carbonyl (C=O) groups is 1. The highest BCUT2D eigenvalue weighted by molar-refractivity contribution is 7.92. The average molecular weight is 432 g/mol. The molecule has 0 aliphatic heterocycles. The van der Waals surface area contributed by atoms with Crippen LogP contribution < -0.4 is 15.4 Å². The van der Waals surface area contributed by atoms with Crippen molar-refractivity contribution in [1.29, 1.82) is 0 Å². The number of sulfonamides is 1. The SMILES string of the molecule is COCCNCCNC(=O)c1cccc(S(=O)(=O)Nc2ccc(F)cc2)c1.Cl. The minimum Gasteiger partial charge on any atom is -0.383 e. The number of ether oxygens (including phenoxy) is 1. The topological polar surface area (TPSA) is 96.5 Å². The van der Waals surface area contributed by atoms with Crippen molar-refractivity contribution in [2.45, 2.75) is 4.90 Å². The third-order valence-corrected chi connectivity index (χ3v) is 4.95. The van der Waals surface area contributed by atoms with Crippen molar-refractivity contribution in [2.75, 3.05) is 38.1 Å². The van der Waals surface area contributed by atoms with Gasteiger partial charge in [-0.25, -0.2) is 12.8 Å². The fraction of sp³-hybridized carbons (Fsp3) is 0.278. The van der Waals surface area contributed by atoms with Gasteiger partial charge in [0.2, 0.25) is 0 Å². The molecule has 0 fully saturated rings. The van der Waals surface area contributed by atoms with Crippen LogP contribution >= 0.6 is 12.4 Å². The van der Waals surface area contributed by atoms with E-state index >= 15 is 0 Å². The van der Waals surface area contributed by atoms with Crippen LogP contribution in [-0.2, 0) is 14.8 Å². The number of hydrogen-bond donors (Lipinski definition) is 3. The van der Waals surface area contributed by atoms with Gasteiger partial charge < -0.3 is 15.4 Å². The smallest absolute Gasteiger partial charge is 0.261 e. The molecule has 0 spiro atoms. The molecule has 0 heterocycles. The Kier molecular flexibility index (Phi) is 9.88. The fourth-order valence-electron chi connectivity index (χ4n) is 2.20. The van der Waals surface area contributed by atoms with Gasteiger partial charge >= 0.3 is 0 Å². The zero-order valence-corrected chi connectivity index (χ0v) is 16.9. The largest absolute Gasteiger partial charge is 0.383 e. The molecular weight excluding hydrogens is 409 g/mol. The van der Waals surface area contributed by atoms with E-state index in [1.807, 2.05) is 0 Å². The lowest BCUT2D eigenvalue weighted by Gasteiger charge is -2.10. The van der Waals surface area contributed by atoms with Gasteiger partial charge in [0.25, 0.3) is 15.9 Å². The van der Waals surface area contributed by atoms with Gasteiger partial charge in [-0.15, -0.1) is 12.4 Å². The summed E-state index contributed by atoms with van der Waals surface area (Å²) in [6.45, 7) is 2.22. The van der Waals surface area contributed by atoms with E-state index in [1.165, 1.54) is 36.4 Å². The first-order valence-electron chi connectivity index (χ1n) is 8.29. The molecule has 1 amide bonds. The zero-order chi connectivity index (χ0) is 19.7. The Hall–Kier alpha value is -2.20. The van der Waals surface area contributed by atoms with Crippen molar-refractivity contribution in [3.8, 4) is 0 Å². The molecule has 0 aliphatic carbocycles. The molecule has 0 aliphatic rings. The molecule has 10 heteroatoms. The highest BCUT2D eigenvalue weighted by atomic mass is 35.5. The van der Waals surface area contributed by atoms with Crippen LogP contribution in [0.2, 0.25) is 0 Å². The number of benzene rings is 2. The van der Waals surface area contributed by atoms with E-state index in [9.17, 15) is 17.6 Å². The lowest BCUT2D eigenvalue weighted by Crippen LogP contribution is -2.33. The van der Waals surface area contributed by atoms with E-state index in [0.29, 0.717) is 26.2 Å². The lowest BCUT2D eigenvalue weighted by molar-refractivity contribution is 0.0953. The first-order chi connectivity index (χ1) is 12.9. The first kappa shape index (κ1) is 23.8. The summed E-state index contributed by atoms with van der Waals surface area (Å²) < 4.78 is 45.1. The quantitative estimate of drug-likeness (QED) is 0.500. The molecule has 7 nitrogen and oxygen atoms in total. The molecule has 0 unspecified atom stereocenters. The molecule has 0 aromatic heterocycles. The molecule has 0 bridgehead atoms. The summed E-state index contributed by atoms with van der Waals surface area (Å²) in [6.07, 6.45) is 0. The van der Waals surface area contributed by atoms with Gasteiger partial charge in [0.1, 0.15) is 5.82 Å². The Labute approximate surface area is 170 Å². The Morgan fingerprint density at radius 3 is 2.46 bits per heavy atom. The molecule has 2 aromatic rings. The summed E-state index contributed by atoms with van der Waals surface area (Å²) in [5.41, 5.74) is 0.460. The van der Waals surface area contributed by atoms with Gasteiger partial charge in [0.15, 0.2) is 0 Å². The highest BCUT2D eigenvalue weighted by Gasteiger charge is 2.16. The maximum absolute atomic E-state index is 12.9. The van der Waals surface area contributed by atoms with E-state index < -0.39 is 15.8 Å². The van der Waals surface area contributed by atoms with Crippen LogP contribution in [0.15, 0.2) is 53.4 Å². The molecule has 0 saturated heterocycles. The number of methoxy groups -OCH3 is 1. The van der Waals surface area contributed by atoms with Crippen molar-refractivity contribution in [3.05, 3.63) is 59.9 Å². The Morgan fingerprint density at radius 2 is 1.79 bits per heavy atom. The van der Waals surface area contributed by atoms with Crippen LogP contribution in [0, 0.1) is 5.82 Å². The van der Waals surface area contributed by atoms with Gasteiger partial charge in [0, 0.05) is 38.0 Å². The van der Waals surface area contributed by atoms with Crippen LogP contribution in [0.4, 0.5) is 10.1 Å². The molecule has 3 N–H and O–H groups in total. The van der Waals surface area contributed by atoms with Crippen molar-refractivity contribution < 1.29 is 22.3 Å². The summed E-state index contributed by atoms with van der Waals surface area (Å²) in [5, 5.41) is 5.80. The first-order valence-corrected chi connectivity index (χ1v) is 9.77. The number of carbonyl (C=O) groups excluding carboxylic acids is 1. The number of rotatable bonds is 10. The van der Waals surface area contributed by atoms with Crippen molar-refractivity contribution >= 4 is 34.0 Å². The standard InChI is InChI=1S/C18H22FN3O4S.ClH/c1-26-12-11-20-9-10-21-18(23)14-3-2-4-17(13-14)27(24,25)22-16-7-5-15(19)6-8-16;/h2-8,13,20,22H,9-12H2,1H3,(H,21,23);1H. The summed E-state index contributed by atoms with van der Waals surface area (Å²) >= 11 is 0. The van der Waals surface area contributed by atoms with E-state index in [0.717, 1.165) is 12.1 Å². The second kappa shape index (κ2) is 11.6. The maximum Gasteiger partial charge on any atom is 0.261 e. The third-order valence-electron chi connectivity index (χ3n) is 3.57. The predicted molar refractivity (Wildman–Crippen MR) is 108 cm³/mol. The zero-order valence-electron chi connectivity index (χ0n) is 15.3. The third kappa shape index (κ3) is 7.43. The Morgan fingerprint density at radius 1 is 1.07 bits per heavy atom. The van der Waals surface area contributed by atoms with Crippen molar-refractivity contribution in [1.82, 2.24) is 10.6 Å². The number of amides is 1. The minimum atomic E-state index is -3.90. The monoisotopic (exact) mass is 431 g/mol. The molecule has 0 saturated carbocycles. The van der Waals surface area contributed by atoms with Gasteiger partial charge in [0.05, 0.1) is 11.5 Å². The van der Waals surface area contributed by atoms with Crippen LogP contribution in [0.25, 0.3) is 0 Å². The number of nitrogens with one attached hydrogen (secondary N) is 3.